The molecule has 1 spiro atoms. The second-order valence-electron chi connectivity index (χ2n) is 8.12. The van der Waals surface area contributed by atoms with E-state index in [4.69, 9.17) is 4.74 Å². The molecule has 0 N–H and O–H groups in total. The van der Waals surface area contributed by atoms with Crippen molar-refractivity contribution in [1.82, 2.24) is 14.7 Å². The Bertz CT molecular complexity index is 775. The molecule has 1 atom stereocenters. The van der Waals surface area contributed by atoms with E-state index in [1.165, 1.54) is 4.90 Å². The molecule has 0 aliphatic carbocycles. The number of carbonyl (C=O) groups is 3. The van der Waals surface area contributed by atoms with E-state index in [-0.39, 0.29) is 29.3 Å². The molecule has 1 aromatic carbocycles. The number of urea groups is 1. The fraction of sp³-hybridized carbons (Fsp3) is 0.571. The highest BCUT2D eigenvalue weighted by Crippen LogP contribution is 2.46. The molecular formula is C21H27N3O4. The molecule has 150 valence electrons. The summed E-state index contributed by atoms with van der Waals surface area (Å²) in [5.41, 5.74) is 0.921. The van der Waals surface area contributed by atoms with Gasteiger partial charge < -0.3 is 14.5 Å². The lowest BCUT2D eigenvalue weighted by Crippen LogP contribution is -2.46. The average Bonchev–Trinajstić information content (AvgIpc) is 3.17. The number of piperidine rings is 1. The number of nitrogens with zero attached hydrogens (tertiary/aromatic N) is 3. The molecule has 28 heavy (non-hydrogen) atoms. The largest absolute Gasteiger partial charge is 0.497 e. The van der Waals surface area contributed by atoms with Crippen LogP contribution in [0.3, 0.4) is 0 Å². The van der Waals surface area contributed by atoms with Gasteiger partial charge in [-0.05, 0) is 49.3 Å². The Labute approximate surface area is 165 Å². The first-order chi connectivity index (χ1) is 13.5. The number of hydrogen-bond donors (Lipinski definition) is 0. The SMILES string of the molecule is CCN1C(=O)C2CC3(CCN(C(=O)Cc4cccc(OC)c4)CC3)CN2C1=O. The van der Waals surface area contributed by atoms with Crippen LogP contribution in [0.25, 0.3) is 0 Å². The second kappa shape index (κ2) is 7.11. The molecule has 4 amide bonds. The monoisotopic (exact) mass is 385 g/mol. The molecule has 0 saturated carbocycles. The number of rotatable bonds is 4. The normalized spacial score (nSPS) is 23.5. The van der Waals surface area contributed by atoms with Crippen molar-refractivity contribution in [3.05, 3.63) is 29.8 Å². The van der Waals surface area contributed by atoms with Gasteiger partial charge in [-0.1, -0.05) is 12.1 Å². The molecule has 0 aromatic heterocycles. The minimum absolute atomic E-state index is 0.0252. The van der Waals surface area contributed by atoms with Gasteiger partial charge in [0, 0.05) is 26.2 Å². The minimum atomic E-state index is -0.300. The summed E-state index contributed by atoms with van der Waals surface area (Å²) in [5.74, 6) is 0.816. The van der Waals surface area contributed by atoms with E-state index >= 15 is 0 Å². The summed E-state index contributed by atoms with van der Waals surface area (Å²) in [7, 11) is 1.62. The number of amides is 4. The van der Waals surface area contributed by atoms with Crippen molar-refractivity contribution in [3.8, 4) is 5.75 Å². The molecule has 3 saturated heterocycles. The summed E-state index contributed by atoms with van der Waals surface area (Å²) >= 11 is 0. The number of methoxy groups -OCH3 is 1. The van der Waals surface area contributed by atoms with Crippen molar-refractivity contribution in [2.45, 2.75) is 38.6 Å². The number of likely N-dealkylation sites (tertiary alicyclic amines) is 1. The molecule has 3 aliphatic heterocycles. The summed E-state index contributed by atoms with van der Waals surface area (Å²) < 4.78 is 5.23. The number of benzene rings is 1. The van der Waals surface area contributed by atoms with E-state index < -0.39 is 0 Å². The fourth-order valence-corrected chi connectivity index (χ4v) is 4.86. The van der Waals surface area contributed by atoms with E-state index in [2.05, 4.69) is 0 Å². The first-order valence-corrected chi connectivity index (χ1v) is 9.99. The standard InChI is InChI=1S/C21H27N3O4/c1-3-23-19(26)17-13-21(14-24(17)20(23)27)7-9-22(10-8-21)18(25)12-15-5-4-6-16(11-15)28-2/h4-6,11,17H,3,7-10,12-14H2,1-2H3. The molecule has 1 aromatic rings. The van der Waals surface area contributed by atoms with Crippen molar-refractivity contribution >= 4 is 17.8 Å². The molecule has 3 heterocycles. The van der Waals surface area contributed by atoms with Crippen LogP contribution in [0.1, 0.15) is 31.7 Å². The quantitative estimate of drug-likeness (QED) is 0.743. The molecule has 1 unspecified atom stereocenters. The van der Waals surface area contributed by atoms with Crippen molar-refractivity contribution in [1.29, 1.82) is 0 Å². The summed E-state index contributed by atoms with van der Waals surface area (Å²) in [6.45, 7) is 4.27. The van der Waals surface area contributed by atoms with Gasteiger partial charge >= 0.3 is 6.03 Å². The maximum Gasteiger partial charge on any atom is 0.327 e. The van der Waals surface area contributed by atoms with Gasteiger partial charge in [0.05, 0.1) is 13.5 Å². The molecule has 4 rings (SSSR count). The molecule has 3 fully saturated rings. The smallest absolute Gasteiger partial charge is 0.327 e. The van der Waals surface area contributed by atoms with Crippen LogP contribution in [0.5, 0.6) is 5.75 Å². The van der Waals surface area contributed by atoms with Gasteiger partial charge in [0.15, 0.2) is 0 Å². The van der Waals surface area contributed by atoms with E-state index in [0.717, 1.165) is 30.6 Å². The van der Waals surface area contributed by atoms with Crippen LogP contribution in [0.15, 0.2) is 24.3 Å². The lowest BCUT2D eigenvalue weighted by atomic mass is 9.76. The number of imide groups is 1. The number of ether oxygens (including phenoxy) is 1. The summed E-state index contributed by atoms with van der Waals surface area (Å²) in [5, 5.41) is 0. The molecule has 0 radical (unpaired) electrons. The van der Waals surface area contributed by atoms with Gasteiger partial charge in [0.1, 0.15) is 11.8 Å². The topological polar surface area (TPSA) is 70.2 Å². The zero-order valence-electron chi connectivity index (χ0n) is 16.5. The first kappa shape index (κ1) is 18.8. The Balaban J connectivity index is 1.36. The van der Waals surface area contributed by atoms with Crippen molar-refractivity contribution < 1.29 is 19.1 Å². The zero-order chi connectivity index (χ0) is 19.9. The van der Waals surface area contributed by atoms with Gasteiger partial charge in [0.2, 0.25) is 5.91 Å². The molecule has 0 bridgehead atoms. The highest BCUT2D eigenvalue weighted by Gasteiger charge is 2.56. The van der Waals surface area contributed by atoms with Crippen LogP contribution >= 0.6 is 0 Å². The third-order valence-corrected chi connectivity index (χ3v) is 6.52. The van der Waals surface area contributed by atoms with E-state index in [0.29, 0.717) is 32.6 Å². The van der Waals surface area contributed by atoms with Crippen LogP contribution in [0.2, 0.25) is 0 Å². The van der Waals surface area contributed by atoms with E-state index in [1.54, 1.807) is 12.0 Å². The summed E-state index contributed by atoms with van der Waals surface area (Å²) in [4.78, 5) is 42.6. The average molecular weight is 385 g/mol. The maximum absolute atomic E-state index is 12.7. The fourth-order valence-electron chi connectivity index (χ4n) is 4.86. The van der Waals surface area contributed by atoms with Crippen molar-refractivity contribution in [2.75, 3.05) is 33.3 Å². The van der Waals surface area contributed by atoms with Gasteiger partial charge in [0.25, 0.3) is 5.91 Å². The minimum Gasteiger partial charge on any atom is -0.497 e. The molecular weight excluding hydrogens is 358 g/mol. The van der Waals surface area contributed by atoms with Gasteiger partial charge in [-0.3, -0.25) is 14.5 Å². The van der Waals surface area contributed by atoms with Crippen molar-refractivity contribution in [3.63, 3.8) is 0 Å². The Kier molecular flexibility index (Phi) is 4.77. The number of hydrogen-bond acceptors (Lipinski definition) is 4. The number of carbonyl (C=O) groups excluding carboxylic acids is 3. The third kappa shape index (κ3) is 3.12. The van der Waals surface area contributed by atoms with E-state index in [9.17, 15) is 14.4 Å². The number of likely N-dealkylation sites (N-methyl/N-ethyl adjacent to an activating group) is 1. The molecule has 7 heteroatoms. The zero-order valence-corrected chi connectivity index (χ0v) is 16.5. The van der Waals surface area contributed by atoms with Crippen LogP contribution in [-0.4, -0.2) is 71.9 Å². The lowest BCUT2D eigenvalue weighted by Gasteiger charge is -2.39. The highest BCUT2D eigenvalue weighted by atomic mass is 16.5. The third-order valence-electron chi connectivity index (χ3n) is 6.52. The van der Waals surface area contributed by atoms with Crippen molar-refractivity contribution in [2.24, 2.45) is 5.41 Å². The van der Waals surface area contributed by atoms with Crippen LogP contribution in [0.4, 0.5) is 4.79 Å². The van der Waals surface area contributed by atoms with E-state index in [1.807, 2.05) is 36.1 Å². The Morgan fingerprint density at radius 1 is 1.25 bits per heavy atom. The lowest BCUT2D eigenvalue weighted by molar-refractivity contribution is -0.133. The Morgan fingerprint density at radius 3 is 2.64 bits per heavy atom. The number of fused-ring (bicyclic) bond motifs is 1. The van der Waals surface area contributed by atoms with Crippen LogP contribution in [0, 0.1) is 5.41 Å². The highest BCUT2D eigenvalue weighted by molar-refractivity contribution is 6.04. The molecule has 3 aliphatic rings. The van der Waals surface area contributed by atoms with Crippen LogP contribution < -0.4 is 4.74 Å². The summed E-state index contributed by atoms with van der Waals surface area (Å²) in [6.07, 6.45) is 2.78. The van der Waals surface area contributed by atoms with Crippen LogP contribution in [-0.2, 0) is 16.0 Å². The Hall–Kier alpha value is -2.57. The molecule has 7 nitrogen and oxygen atoms in total. The summed E-state index contributed by atoms with van der Waals surface area (Å²) in [6, 6.07) is 7.15. The van der Waals surface area contributed by atoms with Gasteiger partial charge in [-0.15, -0.1) is 0 Å². The predicted molar refractivity (Wildman–Crippen MR) is 103 cm³/mol. The predicted octanol–water partition coefficient (Wildman–Crippen LogP) is 1.90. The first-order valence-electron chi connectivity index (χ1n) is 9.99. The van der Waals surface area contributed by atoms with Gasteiger partial charge in [-0.2, -0.15) is 0 Å². The Morgan fingerprint density at radius 2 is 2.00 bits per heavy atom. The van der Waals surface area contributed by atoms with Gasteiger partial charge in [-0.25, -0.2) is 4.79 Å². The maximum atomic E-state index is 12.7. The second-order valence-corrected chi connectivity index (χ2v) is 8.12.